The number of ether oxygens (including phenoxy) is 1. The molecule has 28 heavy (non-hydrogen) atoms. The molecule has 1 saturated heterocycles. The second-order valence-corrected chi connectivity index (χ2v) is 7.67. The maximum Gasteiger partial charge on any atom is 0.336 e. The van der Waals surface area contributed by atoms with E-state index >= 15 is 0 Å². The average Bonchev–Trinajstić information content (AvgIpc) is 3.32. The molecule has 1 amide bonds. The number of esters is 1. The minimum Gasteiger partial charge on any atom is -0.508 e. The molecular formula is C21H23NO6. The number of nitrogens with zero attached hydrogens (tertiary/aromatic N) is 1. The Morgan fingerprint density at radius 1 is 1.29 bits per heavy atom. The number of carbonyl (C=O) groups is 2. The van der Waals surface area contributed by atoms with Gasteiger partial charge in [0.15, 0.2) is 0 Å². The quantitative estimate of drug-likeness (QED) is 0.642. The lowest BCUT2D eigenvalue weighted by atomic mass is 10.1. The molecule has 7 nitrogen and oxygen atoms in total. The molecule has 2 heterocycles. The van der Waals surface area contributed by atoms with E-state index in [1.165, 1.54) is 12.1 Å². The van der Waals surface area contributed by atoms with Crippen molar-refractivity contribution in [1.82, 2.24) is 4.90 Å². The SMILES string of the molecule is Cc1c(O)ccc2c(COC(=O)[C@@H]3CC(=O)N(C4CCCC4)C3)cc(=O)oc12. The molecule has 1 aliphatic carbocycles. The molecule has 0 bridgehead atoms. The third-order valence-electron chi connectivity index (χ3n) is 5.85. The van der Waals surface area contributed by atoms with Gasteiger partial charge in [-0.2, -0.15) is 0 Å². The lowest BCUT2D eigenvalue weighted by Crippen LogP contribution is -2.35. The Morgan fingerprint density at radius 3 is 2.79 bits per heavy atom. The predicted molar refractivity (Wildman–Crippen MR) is 101 cm³/mol. The summed E-state index contributed by atoms with van der Waals surface area (Å²) >= 11 is 0. The standard InChI is InChI=1S/C21H23NO6/c1-12-17(23)7-6-16-14(9-19(25)28-20(12)16)11-27-21(26)13-8-18(24)22(10-13)15-4-2-3-5-15/h6-7,9,13,15,23H,2-5,8,10-11H2,1H3/t13-/m1/s1. The summed E-state index contributed by atoms with van der Waals surface area (Å²) in [5, 5.41) is 10.4. The minimum atomic E-state index is -0.573. The molecular weight excluding hydrogens is 362 g/mol. The van der Waals surface area contributed by atoms with Crippen LogP contribution < -0.4 is 5.63 Å². The fourth-order valence-corrected chi connectivity index (χ4v) is 4.26. The Kier molecular flexibility index (Phi) is 4.83. The lowest BCUT2D eigenvalue weighted by molar-refractivity contribution is -0.149. The summed E-state index contributed by atoms with van der Waals surface area (Å²) in [4.78, 5) is 38.5. The van der Waals surface area contributed by atoms with E-state index in [1.807, 2.05) is 4.90 Å². The highest BCUT2D eigenvalue weighted by atomic mass is 16.5. The summed E-state index contributed by atoms with van der Waals surface area (Å²) in [6, 6.07) is 4.68. The van der Waals surface area contributed by atoms with E-state index in [0.29, 0.717) is 23.1 Å². The molecule has 1 aromatic heterocycles. The zero-order valence-corrected chi connectivity index (χ0v) is 15.8. The van der Waals surface area contributed by atoms with Gasteiger partial charge in [0.2, 0.25) is 5.91 Å². The van der Waals surface area contributed by atoms with Gasteiger partial charge in [0.1, 0.15) is 17.9 Å². The van der Waals surface area contributed by atoms with Gasteiger partial charge in [-0.15, -0.1) is 0 Å². The molecule has 148 valence electrons. The normalized spacial score (nSPS) is 20.2. The molecule has 4 rings (SSSR count). The number of hydrogen-bond acceptors (Lipinski definition) is 6. The van der Waals surface area contributed by atoms with Crippen LogP contribution in [0.25, 0.3) is 11.0 Å². The van der Waals surface area contributed by atoms with E-state index in [9.17, 15) is 19.5 Å². The number of amides is 1. The zero-order valence-electron chi connectivity index (χ0n) is 15.8. The number of likely N-dealkylation sites (tertiary alicyclic amines) is 1. The Bertz CT molecular complexity index is 988. The Hall–Kier alpha value is -2.83. The summed E-state index contributed by atoms with van der Waals surface area (Å²) < 4.78 is 10.6. The maximum absolute atomic E-state index is 12.5. The van der Waals surface area contributed by atoms with Crippen molar-refractivity contribution in [2.75, 3.05) is 6.54 Å². The smallest absolute Gasteiger partial charge is 0.336 e. The molecule has 1 saturated carbocycles. The van der Waals surface area contributed by atoms with Crippen LogP contribution in [0.5, 0.6) is 5.75 Å². The van der Waals surface area contributed by atoms with Crippen molar-refractivity contribution in [3.63, 3.8) is 0 Å². The lowest BCUT2D eigenvalue weighted by Gasteiger charge is -2.23. The van der Waals surface area contributed by atoms with Gasteiger partial charge in [-0.1, -0.05) is 12.8 Å². The van der Waals surface area contributed by atoms with Gasteiger partial charge in [0.25, 0.3) is 0 Å². The predicted octanol–water partition coefficient (Wildman–Crippen LogP) is 2.64. The van der Waals surface area contributed by atoms with Gasteiger partial charge in [0, 0.05) is 41.6 Å². The monoisotopic (exact) mass is 385 g/mol. The fraction of sp³-hybridized carbons (Fsp3) is 0.476. The highest BCUT2D eigenvalue weighted by Gasteiger charge is 2.39. The first kappa shape index (κ1) is 18.5. The third kappa shape index (κ3) is 3.37. The first-order chi connectivity index (χ1) is 13.4. The molecule has 0 radical (unpaired) electrons. The topological polar surface area (TPSA) is 97.0 Å². The summed E-state index contributed by atoms with van der Waals surface area (Å²) in [6.45, 7) is 1.98. The van der Waals surface area contributed by atoms with Crippen LogP contribution in [0, 0.1) is 12.8 Å². The van der Waals surface area contributed by atoms with Crippen molar-refractivity contribution in [2.24, 2.45) is 5.92 Å². The van der Waals surface area contributed by atoms with E-state index in [4.69, 9.17) is 9.15 Å². The van der Waals surface area contributed by atoms with Crippen LogP contribution in [0.1, 0.15) is 43.2 Å². The van der Waals surface area contributed by atoms with Crippen molar-refractivity contribution >= 4 is 22.8 Å². The average molecular weight is 385 g/mol. The number of fused-ring (bicyclic) bond motifs is 1. The van der Waals surface area contributed by atoms with E-state index in [-0.39, 0.29) is 36.3 Å². The zero-order chi connectivity index (χ0) is 19.8. The van der Waals surface area contributed by atoms with Crippen LogP contribution in [-0.2, 0) is 20.9 Å². The first-order valence-corrected chi connectivity index (χ1v) is 9.65. The molecule has 2 aromatic rings. The van der Waals surface area contributed by atoms with Crippen LogP contribution in [0.4, 0.5) is 0 Å². The molecule has 2 aliphatic rings. The molecule has 2 fully saturated rings. The van der Waals surface area contributed by atoms with Crippen molar-refractivity contribution in [3.8, 4) is 5.75 Å². The molecule has 1 aromatic carbocycles. The van der Waals surface area contributed by atoms with Gasteiger partial charge in [-0.25, -0.2) is 4.79 Å². The molecule has 1 aliphatic heterocycles. The Labute approximate surface area is 161 Å². The number of carbonyl (C=O) groups excluding carboxylic acids is 2. The number of phenolic OH excluding ortho intramolecular Hbond substituents is 1. The largest absolute Gasteiger partial charge is 0.508 e. The Morgan fingerprint density at radius 2 is 2.04 bits per heavy atom. The van der Waals surface area contributed by atoms with Crippen LogP contribution >= 0.6 is 0 Å². The van der Waals surface area contributed by atoms with E-state index in [2.05, 4.69) is 0 Å². The van der Waals surface area contributed by atoms with Crippen LogP contribution in [0.2, 0.25) is 0 Å². The number of aromatic hydroxyl groups is 1. The number of phenols is 1. The Balaban J connectivity index is 1.47. The highest BCUT2D eigenvalue weighted by Crippen LogP contribution is 2.31. The second kappa shape index (κ2) is 7.30. The van der Waals surface area contributed by atoms with E-state index < -0.39 is 17.5 Å². The van der Waals surface area contributed by atoms with Crippen molar-refractivity contribution in [2.45, 2.75) is 51.7 Å². The number of aryl methyl sites for hydroxylation is 1. The van der Waals surface area contributed by atoms with Gasteiger partial charge >= 0.3 is 11.6 Å². The molecule has 7 heteroatoms. The summed E-state index contributed by atoms with van der Waals surface area (Å²) in [5.74, 6) is -0.844. The van der Waals surface area contributed by atoms with Crippen molar-refractivity contribution in [3.05, 3.63) is 39.7 Å². The van der Waals surface area contributed by atoms with Crippen molar-refractivity contribution in [1.29, 1.82) is 0 Å². The minimum absolute atomic E-state index is 0.0192. The van der Waals surface area contributed by atoms with Gasteiger partial charge < -0.3 is 19.2 Å². The molecule has 1 N–H and O–H groups in total. The number of benzene rings is 1. The summed E-state index contributed by atoms with van der Waals surface area (Å²) in [7, 11) is 0. The van der Waals surface area contributed by atoms with Crippen LogP contribution in [0.15, 0.2) is 27.4 Å². The van der Waals surface area contributed by atoms with Crippen LogP contribution in [0.3, 0.4) is 0 Å². The van der Waals surface area contributed by atoms with Crippen molar-refractivity contribution < 1.29 is 23.8 Å². The second-order valence-electron chi connectivity index (χ2n) is 7.67. The fourth-order valence-electron chi connectivity index (χ4n) is 4.26. The van der Waals surface area contributed by atoms with Gasteiger partial charge in [-0.3, -0.25) is 9.59 Å². The van der Waals surface area contributed by atoms with E-state index in [1.54, 1.807) is 13.0 Å². The number of hydrogen-bond donors (Lipinski definition) is 1. The number of rotatable bonds is 4. The third-order valence-corrected chi connectivity index (χ3v) is 5.85. The molecule has 0 spiro atoms. The molecule has 0 unspecified atom stereocenters. The van der Waals surface area contributed by atoms with E-state index in [0.717, 1.165) is 25.7 Å². The first-order valence-electron chi connectivity index (χ1n) is 9.65. The van der Waals surface area contributed by atoms with Crippen LogP contribution in [-0.4, -0.2) is 34.5 Å². The summed E-state index contributed by atoms with van der Waals surface area (Å²) in [5.41, 5.74) is 0.675. The van der Waals surface area contributed by atoms with Gasteiger partial charge in [0.05, 0.1) is 5.92 Å². The maximum atomic E-state index is 12.5. The highest BCUT2D eigenvalue weighted by molar-refractivity contribution is 5.87. The van der Waals surface area contributed by atoms with Gasteiger partial charge in [-0.05, 0) is 31.9 Å². The molecule has 1 atom stereocenters. The summed E-state index contributed by atoms with van der Waals surface area (Å²) in [6.07, 6.45) is 4.45.